The average molecular weight is 248 g/mol. The number of aromatic amines is 1. The fourth-order valence-electron chi connectivity index (χ4n) is 1.57. The van der Waals surface area contributed by atoms with Crippen molar-refractivity contribution in [3.63, 3.8) is 0 Å². The molecule has 2 N–H and O–H groups in total. The third-order valence-corrected chi connectivity index (χ3v) is 2.54. The number of nitrogens with zero attached hydrogens (tertiary/aromatic N) is 2. The second-order valence-electron chi connectivity index (χ2n) is 4.02. The lowest BCUT2D eigenvalue weighted by Crippen LogP contribution is -2.12. The van der Waals surface area contributed by atoms with Crippen LogP contribution in [0.5, 0.6) is 0 Å². The van der Waals surface area contributed by atoms with Gasteiger partial charge in [-0.1, -0.05) is 19.8 Å². The second-order valence-corrected chi connectivity index (χ2v) is 4.02. The number of amides is 1. The zero-order valence-corrected chi connectivity index (χ0v) is 10.3. The maximum absolute atomic E-state index is 11.6. The molecule has 0 saturated heterocycles. The van der Waals surface area contributed by atoms with Gasteiger partial charge in [-0.3, -0.25) is 15.2 Å². The Morgan fingerprint density at radius 3 is 3.11 bits per heavy atom. The number of anilines is 1. The molecule has 2 aromatic rings. The van der Waals surface area contributed by atoms with Gasteiger partial charge in [-0.05, 0) is 12.5 Å². The Balaban J connectivity index is 1.89. The van der Waals surface area contributed by atoms with Crippen LogP contribution in [-0.4, -0.2) is 21.1 Å². The van der Waals surface area contributed by atoms with Crippen molar-refractivity contribution in [2.45, 2.75) is 32.6 Å². The van der Waals surface area contributed by atoms with E-state index in [4.69, 9.17) is 4.42 Å². The van der Waals surface area contributed by atoms with E-state index in [1.54, 1.807) is 18.6 Å². The zero-order valence-electron chi connectivity index (χ0n) is 10.3. The Labute approximate surface area is 105 Å². The standard InChI is InChI=1S/C12H16N4O2/c1-2-3-4-5-10(17)13-12-14-11(15-16-12)9-6-7-18-8-9/h6-8H,2-5H2,1H3,(H2,13,14,15,16,17). The molecule has 6 nitrogen and oxygen atoms in total. The third kappa shape index (κ3) is 3.19. The molecule has 0 aliphatic heterocycles. The maximum atomic E-state index is 11.6. The average Bonchev–Trinajstić information content (AvgIpc) is 2.98. The van der Waals surface area contributed by atoms with Crippen LogP contribution in [-0.2, 0) is 4.79 Å². The number of H-pyrrole nitrogens is 1. The first-order valence-electron chi connectivity index (χ1n) is 6.04. The van der Waals surface area contributed by atoms with E-state index in [9.17, 15) is 4.79 Å². The largest absolute Gasteiger partial charge is 0.472 e. The number of carbonyl (C=O) groups is 1. The molecule has 0 radical (unpaired) electrons. The van der Waals surface area contributed by atoms with Gasteiger partial charge in [-0.25, -0.2) is 0 Å². The van der Waals surface area contributed by atoms with Crippen molar-refractivity contribution in [3.8, 4) is 11.4 Å². The minimum Gasteiger partial charge on any atom is -0.472 e. The monoisotopic (exact) mass is 248 g/mol. The number of unbranched alkanes of at least 4 members (excludes halogenated alkanes) is 2. The summed E-state index contributed by atoms with van der Waals surface area (Å²) < 4.78 is 4.95. The molecule has 0 atom stereocenters. The fourth-order valence-corrected chi connectivity index (χ4v) is 1.57. The normalized spacial score (nSPS) is 10.5. The van der Waals surface area contributed by atoms with E-state index in [0.717, 1.165) is 24.8 Å². The van der Waals surface area contributed by atoms with Crippen LogP contribution in [0.2, 0.25) is 0 Å². The molecular formula is C12H16N4O2. The minimum absolute atomic E-state index is 0.0545. The van der Waals surface area contributed by atoms with E-state index in [-0.39, 0.29) is 5.91 Å². The van der Waals surface area contributed by atoms with Crippen LogP contribution in [0, 0.1) is 0 Å². The number of hydrogen-bond acceptors (Lipinski definition) is 4. The Morgan fingerprint density at radius 2 is 2.39 bits per heavy atom. The highest BCUT2D eigenvalue weighted by atomic mass is 16.3. The third-order valence-electron chi connectivity index (χ3n) is 2.54. The molecule has 0 saturated carbocycles. The zero-order chi connectivity index (χ0) is 12.8. The van der Waals surface area contributed by atoms with Gasteiger partial charge in [0.15, 0.2) is 5.82 Å². The van der Waals surface area contributed by atoms with Gasteiger partial charge in [-0.2, -0.15) is 4.98 Å². The second kappa shape index (κ2) is 6.00. The van der Waals surface area contributed by atoms with Crippen molar-refractivity contribution in [2.75, 3.05) is 5.32 Å². The topological polar surface area (TPSA) is 83.8 Å². The molecule has 96 valence electrons. The van der Waals surface area contributed by atoms with Gasteiger partial charge in [-0.15, -0.1) is 5.10 Å². The van der Waals surface area contributed by atoms with Crippen LogP contribution < -0.4 is 5.32 Å². The predicted molar refractivity (Wildman–Crippen MR) is 66.9 cm³/mol. The highest BCUT2D eigenvalue weighted by Crippen LogP contribution is 2.15. The molecule has 0 spiro atoms. The van der Waals surface area contributed by atoms with Crippen LogP contribution in [0.3, 0.4) is 0 Å². The molecule has 0 bridgehead atoms. The summed E-state index contributed by atoms with van der Waals surface area (Å²) in [4.78, 5) is 15.7. The van der Waals surface area contributed by atoms with Crippen LogP contribution in [0.15, 0.2) is 23.0 Å². The highest BCUT2D eigenvalue weighted by molar-refractivity contribution is 5.89. The summed E-state index contributed by atoms with van der Waals surface area (Å²) >= 11 is 0. The Morgan fingerprint density at radius 1 is 1.50 bits per heavy atom. The van der Waals surface area contributed by atoms with Crippen molar-refractivity contribution >= 4 is 11.9 Å². The Bertz CT molecular complexity index is 490. The summed E-state index contributed by atoms with van der Waals surface area (Å²) in [5, 5.41) is 9.34. The summed E-state index contributed by atoms with van der Waals surface area (Å²) in [7, 11) is 0. The molecule has 2 aromatic heterocycles. The van der Waals surface area contributed by atoms with E-state index >= 15 is 0 Å². The smallest absolute Gasteiger partial charge is 0.249 e. The molecule has 0 aliphatic carbocycles. The van der Waals surface area contributed by atoms with Gasteiger partial charge in [0.2, 0.25) is 11.9 Å². The van der Waals surface area contributed by atoms with Crippen LogP contribution in [0.25, 0.3) is 11.4 Å². The number of furan rings is 1. The summed E-state index contributed by atoms with van der Waals surface area (Å²) in [6.07, 6.45) is 6.67. The van der Waals surface area contributed by atoms with Crippen molar-refractivity contribution in [1.82, 2.24) is 15.2 Å². The summed E-state index contributed by atoms with van der Waals surface area (Å²) in [6, 6.07) is 1.77. The fraction of sp³-hybridized carbons (Fsp3) is 0.417. The van der Waals surface area contributed by atoms with Gasteiger partial charge >= 0.3 is 0 Å². The molecule has 0 fully saturated rings. The number of aromatic nitrogens is 3. The molecule has 2 heterocycles. The molecule has 6 heteroatoms. The molecule has 0 aliphatic rings. The predicted octanol–water partition coefficient (Wildman–Crippen LogP) is 2.58. The van der Waals surface area contributed by atoms with E-state index < -0.39 is 0 Å². The maximum Gasteiger partial charge on any atom is 0.249 e. The summed E-state index contributed by atoms with van der Waals surface area (Å²) in [5.74, 6) is 0.821. The lowest BCUT2D eigenvalue weighted by atomic mass is 10.2. The number of nitrogens with one attached hydrogen (secondary N) is 2. The van der Waals surface area contributed by atoms with Gasteiger partial charge in [0, 0.05) is 6.42 Å². The Kier molecular flexibility index (Phi) is 4.11. The molecular weight excluding hydrogens is 232 g/mol. The number of carbonyl (C=O) groups excluding carboxylic acids is 1. The van der Waals surface area contributed by atoms with Crippen molar-refractivity contribution < 1.29 is 9.21 Å². The summed E-state index contributed by atoms with van der Waals surface area (Å²) in [5.41, 5.74) is 0.800. The first-order chi connectivity index (χ1) is 8.79. The molecule has 0 aromatic carbocycles. The van der Waals surface area contributed by atoms with Crippen molar-refractivity contribution in [3.05, 3.63) is 18.6 Å². The first-order valence-corrected chi connectivity index (χ1v) is 6.04. The van der Waals surface area contributed by atoms with Gasteiger partial charge in [0.25, 0.3) is 0 Å². The number of hydrogen-bond donors (Lipinski definition) is 2. The first kappa shape index (κ1) is 12.3. The van der Waals surface area contributed by atoms with Gasteiger partial charge < -0.3 is 4.42 Å². The molecule has 2 rings (SSSR count). The lowest BCUT2D eigenvalue weighted by Gasteiger charge is -1.99. The van der Waals surface area contributed by atoms with Gasteiger partial charge in [0.1, 0.15) is 6.26 Å². The highest BCUT2D eigenvalue weighted by Gasteiger charge is 2.09. The molecule has 0 unspecified atom stereocenters. The SMILES string of the molecule is CCCCCC(=O)Nc1n[nH]c(-c2ccoc2)n1. The van der Waals surface area contributed by atoms with Crippen LogP contribution in [0.1, 0.15) is 32.6 Å². The van der Waals surface area contributed by atoms with E-state index in [1.807, 2.05) is 0 Å². The quantitative estimate of drug-likeness (QED) is 0.769. The van der Waals surface area contributed by atoms with Crippen LogP contribution >= 0.6 is 0 Å². The number of rotatable bonds is 6. The minimum atomic E-state index is -0.0545. The van der Waals surface area contributed by atoms with E-state index in [2.05, 4.69) is 27.4 Å². The lowest BCUT2D eigenvalue weighted by molar-refractivity contribution is -0.116. The van der Waals surface area contributed by atoms with E-state index in [0.29, 0.717) is 18.2 Å². The van der Waals surface area contributed by atoms with E-state index in [1.165, 1.54) is 0 Å². The van der Waals surface area contributed by atoms with Crippen molar-refractivity contribution in [2.24, 2.45) is 0 Å². The molecule has 18 heavy (non-hydrogen) atoms. The van der Waals surface area contributed by atoms with Gasteiger partial charge in [0.05, 0.1) is 11.8 Å². The summed E-state index contributed by atoms with van der Waals surface area (Å²) in [6.45, 7) is 2.10. The Hall–Kier alpha value is -2.11. The van der Waals surface area contributed by atoms with Crippen LogP contribution in [0.4, 0.5) is 5.95 Å². The van der Waals surface area contributed by atoms with Crippen molar-refractivity contribution in [1.29, 1.82) is 0 Å². The molecule has 1 amide bonds.